The van der Waals surface area contributed by atoms with Crippen LogP contribution in [0.2, 0.25) is 0 Å². The highest BCUT2D eigenvalue weighted by molar-refractivity contribution is 6.03. The first-order valence-corrected chi connectivity index (χ1v) is 10.1. The molecule has 0 aliphatic rings. The molecule has 0 unspecified atom stereocenters. The molecule has 0 aromatic carbocycles. The molecule has 0 saturated heterocycles. The monoisotopic (exact) mass is 424 g/mol. The van der Waals surface area contributed by atoms with Crippen molar-refractivity contribution in [1.29, 1.82) is 0 Å². The number of nitrogens with zero attached hydrogens (tertiary/aromatic N) is 6. The van der Waals surface area contributed by atoms with Crippen molar-refractivity contribution in [3.05, 3.63) is 48.2 Å². The van der Waals surface area contributed by atoms with Gasteiger partial charge in [-0.15, -0.1) is 0 Å². The summed E-state index contributed by atoms with van der Waals surface area (Å²) in [4.78, 5) is 29.6. The van der Waals surface area contributed by atoms with Crippen LogP contribution in [0.3, 0.4) is 0 Å². The largest absolute Gasteiger partial charge is 0.359 e. The molecule has 3 rings (SSSR count). The van der Waals surface area contributed by atoms with Crippen LogP contribution in [0.5, 0.6) is 0 Å². The zero-order valence-corrected chi connectivity index (χ0v) is 18.1. The van der Waals surface area contributed by atoms with E-state index in [2.05, 4.69) is 30.7 Å². The number of anilines is 1. The topological polar surface area (TPSA) is 110 Å². The van der Waals surface area contributed by atoms with Crippen molar-refractivity contribution in [2.45, 2.75) is 19.9 Å². The van der Waals surface area contributed by atoms with Crippen molar-refractivity contribution in [3.8, 4) is 11.3 Å². The number of hydrogen-bond donors (Lipinski definition) is 2. The van der Waals surface area contributed by atoms with Crippen LogP contribution in [0, 0.1) is 6.92 Å². The smallest absolute Gasteiger partial charge is 0.274 e. The number of hydrogen-bond acceptors (Lipinski definition) is 6. The Morgan fingerprint density at radius 3 is 2.84 bits per heavy atom. The lowest BCUT2D eigenvalue weighted by Crippen LogP contribution is -2.27. The Hall–Kier alpha value is -3.53. The normalized spacial score (nSPS) is 11.0. The van der Waals surface area contributed by atoms with Crippen LogP contribution >= 0.6 is 0 Å². The summed E-state index contributed by atoms with van der Waals surface area (Å²) < 4.78 is 3.52. The third-order valence-corrected chi connectivity index (χ3v) is 4.83. The van der Waals surface area contributed by atoms with Crippen molar-refractivity contribution in [2.24, 2.45) is 7.05 Å². The van der Waals surface area contributed by atoms with E-state index in [0.717, 1.165) is 43.7 Å². The molecule has 3 aromatic heterocycles. The number of aryl methyl sites for hydroxylation is 2. The molecule has 2 amide bonds. The molecule has 3 aromatic rings. The number of amides is 2. The van der Waals surface area contributed by atoms with Crippen LogP contribution in [0.4, 0.5) is 5.69 Å². The van der Waals surface area contributed by atoms with Gasteiger partial charge in [0.2, 0.25) is 6.41 Å². The maximum absolute atomic E-state index is 12.6. The fraction of sp³-hybridized carbons (Fsp3) is 0.381. The lowest BCUT2D eigenvalue weighted by Gasteiger charge is -2.16. The van der Waals surface area contributed by atoms with Gasteiger partial charge in [0.1, 0.15) is 5.69 Å². The van der Waals surface area contributed by atoms with Crippen LogP contribution in [0.25, 0.3) is 11.3 Å². The van der Waals surface area contributed by atoms with Crippen molar-refractivity contribution in [1.82, 2.24) is 34.8 Å². The first-order valence-electron chi connectivity index (χ1n) is 10.1. The van der Waals surface area contributed by atoms with Gasteiger partial charge in [-0.2, -0.15) is 10.2 Å². The average Bonchev–Trinajstić information content (AvgIpc) is 3.36. The summed E-state index contributed by atoms with van der Waals surface area (Å²) in [6.07, 6.45) is 7.06. The number of nitrogens with one attached hydrogen (secondary N) is 2. The van der Waals surface area contributed by atoms with Crippen LogP contribution in [-0.4, -0.2) is 68.4 Å². The van der Waals surface area contributed by atoms with Gasteiger partial charge in [0.15, 0.2) is 0 Å². The van der Waals surface area contributed by atoms with Gasteiger partial charge >= 0.3 is 0 Å². The van der Waals surface area contributed by atoms with Crippen molar-refractivity contribution in [3.63, 3.8) is 0 Å². The Morgan fingerprint density at radius 1 is 1.26 bits per heavy atom. The van der Waals surface area contributed by atoms with E-state index in [1.807, 2.05) is 44.0 Å². The third kappa shape index (κ3) is 6.22. The van der Waals surface area contributed by atoms with E-state index >= 15 is 0 Å². The van der Waals surface area contributed by atoms with E-state index in [9.17, 15) is 9.59 Å². The molecule has 31 heavy (non-hydrogen) atoms. The predicted octanol–water partition coefficient (Wildman–Crippen LogP) is 1.31. The number of rotatable bonds is 11. The van der Waals surface area contributed by atoms with Crippen molar-refractivity contribution < 1.29 is 9.59 Å². The van der Waals surface area contributed by atoms with Crippen molar-refractivity contribution >= 4 is 18.0 Å². The molecule has 10 nitrogen and oxygen atoms in total. The molecule has 164 valence electrons. The minimum atomic E-state index is -0.281. The summed E-state index contributed by atoms with van der Waals surface area (Å²) in [6, 6.07) is 5.36. The summed E-state index contributed by atoms with van der Waals surface area (Å²) >= 11 is 0. The minimum absolute atomic E-state index is 0.281. The lowest BCUT2D eigenvalue weighted by molar-refractivity contribution is -0.109. The first kappa shape index (κ1) is 22.2. The van der Waals surface area contributed by atoms with E-state index in [4.69, 9.17) is 0 Å². The van der Waals surface area contributed by atoms with Crippen LogP contribution in [0.15, 0.2) is 36.8 Å². The molecule has 0 spiro atoms. The minimum Gasteiger partial charge on any atom is -0.359 e. The zero-order chi connectivity index (χ0) is 22.2. The maximum atomic E-state index is 12.6. The maximum Gasteiger partial charge on any atom is 0.274 e. The molecular weight excluding hydrogens is 396 g/mol. The van der Waals surface area contributed by atoms with E-state index in [1.165, 1.54) is 0 Å². The lowest BCUT2D eigenvalue weighted by atomic mass is 10.2. The highest BCUT2D eigenvalue weighted by Gasteiger charge is 2.13. The highest BCUT2D eigenvalue weighted by atomic mass is 16.2. The Morgan fingerprint density at radius 2 is 2.10 bits per heavy atom. The number of pyridine rings is 1. The van der Waals surface area contributed by atoms with E-state index in [-0.39, 0.29) is 5.91 Å². The molecule has 0 bridgehead atoms. The summed E-state index contributed by atoms with van der Waals surface area (Å²) in [5.41, 5.74) is 3.29. The molecule has 0 atom stereocenters. The van der Waals surface area contributed by atoms with Gasteiger partial charge in [0.05, 0.1) is 29.8 Å². The second-order valence-electron chi connectivity index (χ2n) is 7.38. The van der Waals surface area contributed by atoms with Gasteiger partial charge in [-0.05, 0) is 39.1 Å². The summed E-state index contributed by atoms with van der Waals surface area (Å²) in [5.74, 6) is -0.281. The number of aromatic nitrogens is 5. The Kier molecular flexibility index (Phi) is 7.50. The fourth-order valence-electron chi connectivity index (χ4n) is 3.14. The molecule has 0 radical (unpaired) electrons. The molecule has 0 saturated carbocycles. The zero-order valence-electron chi connectivity index (χ0n) is 18.1. The average molecular weight is 425 g/mol. The molecule has 0 fully saturated rings. The summed E-state index contributed by atoms with van der Waals surface area (Å²) in [6.45, 7) is 4.98. The Labute approximate surface area is 181 Å². The third-order valence-electron chi connectivity index (χ3n) is 4.83. The first-order chi connectivity index (χ1) is 15.0. The van der Waals surface area contributed by atoms with Gasteiger partial charge in [-0.1, -0.05) is 6.07 Å². The fourth-order valence-corrected chi connectivity index (χ4v) is 3.14. The molecule has 10 heteroatoms. The second-order valence-corrected chi connectivity index (χ2v) is 7.38. The standard InChI is InChI=1S/C21H28N8O2/c1-16-20(14-28(3)26-16)25-21(31)19-7-4-6-18(24-19)17-12-23-29(13-17)11-10-27(2)9-5-8-22-15-30/h4,6-7,12-15H,5,8-11H2,1-3H3,(H,22,30)(H,25,31). The molecule has 2 N–H and O–H groups in total. The number of likely N-dealkylation sites (N-methyl/N-ethyl adjacent to an activating group) is 1. The number of carbonyl (C=O) groups excluding carboxylic acids is 2. The van der Waals surface area contributed by atoms with Crippen LogP contribution in [-0.2, 0) is 18.4 Å². The summed E-state index contributed by atoms with van der Waals surface area (Å²) in [7, 11) is 3.85. The van der Waals surface area contributed by atoms with E-state index in [1.54, 1.807) is 23.1 Å². The molecular formula is C21H28N8O2. The van der Waals surface area contributed by atoms with Gasteiger partial charge in [-0.3, -0.25) is 19.0 Å². The summed E-state index contributed by atoms with van der Waals surface area (Å²) in [5, 5.41) is 14.2. The SMILES string of the molecule is Cc1nn(C)cc1NC(=O)c1cccc(-c2cnn(CCN(C)CCCNC=O)c2)n1. The van der Waals surface area contributed by atoms with Crippen molar-refractivity contribution in [2.75, 3.05) is 32.0 Å². The Bertz CT molecular complexity index is 1030. The molecule has 3 heterocycles. The van der Waals surface area contributed by atoms with E-state index < -0.39 is 0 Å². The second kappa shape index (κ2) is 10.5. The number of carbonyl (C=O) groups is 2. The van der Waals surface area contributed by atoms with Gasteiger partial charge < -0.3 is 15.5 Å². The Balaban J connectivity index is 1.58. The molecule has 0 aliphatic heterocycles. The van der Waals surface area contributed by atoms with E-state index in [0.29, 0.717) is 23.6 Å². The highest BCUT2D eigenvalue weighted by Crippen LogP contribution is 2.18. The van der Waals surface area contributed by atoms with Gasteiger partial charge in [0.25, 0.3) is 5.91 Å². The van der Waals surface area contributed by atoms with Gasteiger partial charge in [-0.25, -0.2) is 4.98 Å². The van der Waals surface area contributed by atoms with Crippen LogP contribution in [0.1, 0.15) is 22.6 Å². The molecule has 0 aliphatic carbocycles. The van der Waals surface area contributed by atoms with Crippen LogP contribution < -0.4 is 10.6 Å². The van der Waals surface area contributed by atoms with Gasteiger partial charge in [0, 0.05) is 38.1 Å². The predicted molar refractivity (Wildman–Crippen MR) is 118 cm³/mol. The quantitative estimate of drug-likeness (QED) is 0.355.